The SMILES string of the molecule is CC1(C)CN(CCF)CCN1. The van der Waals surface area contributed by atoms with Gasteiger partial charge in [0, 0.05) is 31.7 Å². The molecule has 0 spiro atoms. The van der Waals surface area contributed by atoms with E-state index in [1.54, 1.807) is 0 Å². The quantitative estimate of drug-likeness (QED) is 0.637. The predicted molar refractivity (Wildman–Crippen MR) is 44.5 cm³/mol. The molecule has 1 fully saturated rings. The molecule has 1 heterocycles. The van der Waals surface area contributed by atoms with Crippen LogP contribution in [-0.4, -0.2) is 43.3 Å². The van der Waals surface area contributed by atoms with Crippen LogP contribution >= 0.6 is 0 Å². The van der Waals surface area contributed by atoms with Gasteiger partial charge in [0.1, 0.15) is 6.67 Å². The lowest BCUT2D eigenvalue weighted by Crippen LogP contribution is -2.57. The Morgan fingerprint density at radius 1 is 1.55 bits per heavy atom. The smallest absolute Gasteiger partial charge is 0.102 e. The number of hydrogen-bond acceptors (Lipinski definition) is 2. The van der Waals surface area contributed by atoms with E-state index in [9.17, 15) is 4.39 Å². The lowest BCUT2D eigenvalue weighted by atomic mass is 10.0. The van der Waals surface area contributed by atoms with Crippen LogP contribution in [0.3, 0.4) is 0 Å². The average Bonchev–Trinajstić information content (AvgIpc) is 1.85. The second kappa shape index (κ2) is 3.50. The van der Waals surface area contributed by atoms with E-state index in [1.807, 2.05) is 0 Å². The van der Waals surface area contributed by atoms with Crippen molar-refractivity contribution in [1.82, 2.24) is 10.2 Å². The molecule has 0 bridgehead atoms. The fourth-order valence-corrected chi connectivity index (χ4v) is 1.56. The van der Waals surface area contributed by atoms with Crippen molar-refractivity contribution in [2.45, 2.75) is 19.4 Å². The van der Waals surface area contributed by atoms with Crippen molar-refractivity contribution in [2.75, 3.05) is 32.9 Å². The Kier molecular flexibility index (Phi) is 2.84. The highest BCUT2D eigenvalue weighted by Crippen LogP contribution is 2.09. The third-order valence-corrected chi connectivity index (χ3v) is 2.05. The molecule has 3 heteroatoms. The molecule has 1 rings (SSSR count). The van der Waals surface area contributed by atoms with Crippen LogP contribution < -0.4 is 5.32 Å². The number of nitrogens with zero attached hydrogens (tertiary/aromatic N) is 1. The summed E-state index contributed by atoms with van der Waals surface area (Å²) in [6.07, 6.45) is 0. The Morgan fingerprint density at radius 3 is 2.82 bits per heavy atom. The van der Waals surface area contributed by atoms with Crippen molar-refractivity contribution in [3.05, 3.63) is 0 Å². The van der Waals surface area contributed by atoms with Gasteiger partial charge in [0.05, 0.1) is 0 Å². The van der Waals surface area contributed by atoms with Crippen molar-refractivity contribution >= 4 is 0 Å². The van der Waals surface area contributed by atoms with Crippen LogP contribution in [0.4, 0.5) is 4.39 Å². The van der Waals surface area contributed by atoms with E-state index in [0.29, 0.717) is 6.54 Å². The van der Waals surface area contributed by atoms with E-state index in [4.69, 9.17) is 0 Å². The maximum Gasteiger partial charge on any atom is 0.102 e. The van der Waals surface area contributed by atoms with E-state index in [0.717, 1.165) is 19.6 Å². The maximum atomic E-state index is 12.0. The molecule has 1 saturated heterocycles. The summed E-state index contributed by atoms with van der Waals surface area (Å²) in [5.41, 5.74) is 0.160. The monoisotopic (exact) mass is 160 g/mol. The fourth-order valence-electron chi connectivity index (χ4n) is 1.56. The van der Waals surface area contributed by atoms with Gasteiger partial charge in [0.2, 0.25) is 0 Å². The van der Waals surface area contributed by atoms with Gasteiger partial charge in [0.15, 0.2) is 0 Å². The summed E-state index contributed by atoms with van der Waals surface area (Å²) in [5.74, 6) is 0. The molecule has 0 radical (unpaired) electrons. The summed E-state index contributed by atoms with van der Waals surface area (Å²) < 4.78 is 12.0. The van der Waals surface area contributed by atoms with Crippen LogP contribution in [0.2, 0.25) is 0 Å². The zero-order chi connectivity index (χ0) is 8.32. The lowest BCUT2D eigenvalue weighted by molar-refractivity contribution is 0.146. The zero-order valence-electron chi connectivity index (χ0n) is 7.36. The molecule has 0 aliphatic carbocycles. The summed E-state index contributed by atoms with van der Waals surface area (Å²) in [6.45, 7) is 7.58. The van der Waals surface area contributed by atoms with E-state index < -0.39 is 0 Å². The Bertz CT molecular complexity index is 123. The number of nitrogens with one attached hydrogen (secondary N) is 1. The van der Waals surface area contributed by atoms with Crippen molar-refractivity contribution in [1.29, 1.82) is 0 Å². The second-order valence-corrected chi connectivity index (χ2v) is 3.78. The van der Waals surface area contributed by atoms with Crippen LogP contribution in [0, 0.1) is 0 Å². The molecule has 0 aromatic carbocycles. The largest absolute Gasteiger partial charge is 0.309 e. The van der Waals surface area contributed by atoms with Gasteiger partial charge in [-0.15, -0.1) is 0 Å². The van der Waals surface area contributed by atoms with E-state index in [2.05, 4.69) is 24.1 Å². The lowest BCUT2D eigenvalue weighted by Gasteiger charge is -2.38. The van der Waals surface area contributed by atoms with Gasteiger partial charge in [0.25, 0.3) is 0 Å². The molecule has 0 aromatic rings. The van der Waals surface area contributed by atoms with Gasteiger partial charge >= 0.3 is 0 Å². The van der Waals surface area contributed by atoms with Gasteiger partial charge in [-0.2, -0.15) is 0 Å². The normalized spacial score (nSPS) is 25.4. The first kappa shape index (κ1) is 8.94. The number of halogens is 1. The van der Waals surface area contributed by atoms with Gasteiger partial charge in [-0.3, -0.25) is 4.90 Å². The molecule has 0 aromatic heterocycles. The topological polar surface area (TPSA) is 15.3 Å². The Hall–Kier alpha value is -0.150. The standard InChI is InChI=1S/C8H17FN2/c1-8(2)7-11(5-3-9)6-4-10-8/h10H,3-7H2,1-2H3. The minimum Gasteiger partial charge on any atom is -0.309 e. The first-order valence-electron chi connectivity index (χ1n) is 4.17. The molecule has 1 aliphatic rings. The minimum absolute atomic E-state index is 0.160. The summed E-state index contributed by atoms with van der Waals surface area (Å²) >= 11 is 0. The predicted octanol–water partition coefficient (Wildman–Crippen LogP) is 0.640. The van der Waals surface area contributed by atoms with Crippen molar-refractivity contribution in [3.8, 4) is 0 Å². The molecule has 0 atom stereocenters. The highest BCUT2D eigenvalue weighted by atomic mass is 19.1. The molecule has 1 aliphatic heterocycles. The molecule has 1 N–H and O–H groups in total. The van der Waals surface area contributed by atoms with Crippen molar-refractivity contribution in [2.24, 2.45) is 0 Å². The molecule has 0 unspecified atom stereocenters. The first-order chi connectivity index (χ1) is 5.14. The molecular weight excluding hydrogens is 143 g/mol. The zero-order valence-corrected chi connectivity index (χ0v) is 7.36. The molecule has 0 amide bonds. The van der Waals surface area contributed by atoms with Crippen molar-refractivity contribution in [3.63, 3.8) is 0 Å². The summed E-state index contributed by atoms with van der Waals surface area (Å²) in [7, 11) is 0. The molecular formula is C8H17FN2. The van der Waals surface area contributed by atoms with E-state index in [1.165, 1.54) is 0 Å². The van der Waals surface area contributed by atoms with Crippen LogP contribution in [-0.2, 0) is 0 Å². The van der Waals surface area contributed by atoms with E-state index in [-0.39, 0.29) is 12.2 Å². The highest BCUT2D eigenvalue weighted by Gasteiger charge is 2.24. The molecule has 11 heavy (non-hydrogen) atoms. The Labute approximate surface area is 67.8 Å². The third-order valence-electron chi connectivity index (χ3n) is 2.05. The maximum absolute atomic E-state index is 12.0. The van der Waals surface area contributed by atoms with Crippen LogP contribution in [0.15, 0.2) is 0 Å². The fraction of sp³-hybridized carbons (Fsp3) is 1.00. The third kappa shape index (κ3) is 2.75. The number of piperazine rings is 1. The molecule has 0 saturated carbocycles. The van der Waals surface area contributed by atoms with Gasteiger partial charge in [-0.05, 0) is 13.8 Å². The average molecular weight is 160 g/mol. The molecule has 66 valence electrons. The first-order valence-corrected chi connectivity index (χ1v) is 4.17. The van der Waals surface area contributed by atoms with Gasteiger partial charge in [-0.1, -0.05) is 0 Å². The van der Waals surface area contributed by atoms with Gasteiger partial charge < -0.3 is 5.32 Å². The highest BCUT2D eigenvalue weighted by molar-refractivity contribution is 4.86. The van der Waals surface area contributed by atoms with Crippen LogP contribution in [0.25, 0.3) is 0 Å². The van der Waals surface area contributed by atoms with Crippen LogP contribution in [0.5, 0.6) is 0 Å². The summed E-state index contributed by atoms with van der Waals surface area (Å²) in [5, 5.41) is 3.38. The van der Waals surface area contributed by atoms with Gasteiger partial charge in [-0.25, -0.2) is 4.39 Å². The van der Waals surface area contributed by atoms with E-state index >= 15 is 0 Å². The van der Waals surface area contributed by atoms with Crippen LogP contribution in [0.1, 0.15) is 13.8 Å². The second-order valence-electron chi connectivity index (χ2n) is 3.78. The van der Waals surface area contributed by atoms with Crippen molar-refractivity contribution < 1.29 is 4.39 Å². The Balaban J connectivity index is 2.34. The minimum atomic E-state index is -0.226. The summed E-state index contributed by atoms with van der Waals surface area (Å²) in [4.78, 5) is 2.16. The number of rotatable bonds is 2. The Morgan fingerprint density at radius 2 is 2.27 bits per heavy atom. The number of hydrogen-bond donors (Lipinski definition) is 1. The summed E-state index contributed by atoms with van der Waals surface area (Å²) in [6, 6.07) is 0. The molecule has 2 nitrogen and oxygen atoms in total. The number of alkyl halides is 1.